The maximum absolute atomic E-state index is 9.26. The fourth-order valence-corrected chi connectivity index (χ4v) is 2.25. The van der Waals surface area contributed by atoms with Crippen LogP contribution in [-0.2, 0) is 6.42 Å². The molecule has 1 aliphatic carbocycles. The molecule has 0 amide bonds. The zero-order chi connectivity index (χ0) is 11.7. The van der Waals surface area contributed by atoms with Crippen LogP contribution in [-0.4, -0.2) is 23.9 Å². The number of aliphatic imine (C=N–C) groups is 1. The van der Waals surface area contributed by atoms with Gasteiger partial charge in [-0.25, -0.2) is 0 Å². The van der Waals surface area contributed by atoms with Crippen molar-refractivity contribution in [2.45, 2.75) is 19.3 Å². The molecule has 1 aromatic carbocycles. The van der Waals surface area contributed by atoms with Gasteiger partial charge in [-0.15, -0.1) is 0 Å². The van der Waals surface area contributed by atoms with Crippen molar-refractivity contribution in [3.63, 3.8) is 0 Å². The van der Waals surface area contributed by atoms with E-state index in [1.165, 1.54) is 5.56 Å². The number of fused-ring (bicyclic) bond motifs is 1. The Morgan fingerprint density at radius 3 is 2.62 bits per heavy atom. The SMILES string of the molecule is C=Nc1c(B(O)O)ccc2c1C(=C)CCC2. The first-order valence-corrected chi connectivity index (χ1v) is 5.32. The fraction of sp³-hybridized carbons (Fsp3) is 0.250. The molecule has 0 aromatic heterocycles. The van der Waals surface area contributed by atoms with E-state index < -0.39 is 7.12 Å². The summed E-state index contributed by atoms with van der Waals surface area (Å²) in [4.78, 5) is 3.92. The number of benzene rings is 1. The molecular weight excluding hydrogens is 201 g/mol. The van der Waals surface area contributed by atoms with Gasteiger partial charge < -0.3 is 10.0 Å². The predicted octanol–water partition coefficient (Wildman–Crippen LogP) is 1.05. The van der Waals surface area contributed by atoms with Crippen molar-refractivity contribution in [2.75, 3.05) is 0 Å². The highest BCUT2D eigenvalue weighted by Crippen LogP contribution is 2.35. The van der Waals surface area contributed by atoms with Crippen LogP contribution in [0.1, 0.15) is 24.0 Å². The van der Waals surface area contributed by atoms with Gasteiger partial charge >= 0.3 is 7.12 Å². The van der Waals surface area contributed by atoms with Crippen molar-refractivity contribution < 1.29 is 10.0 Å². The highest BCUT2D eigenvalue weighted by molar-refractivity contribution is 6.60. The van der Waals surface area contributed by atoms with Crippen LogP contribution in [0.2, 0.25) is 0 Å². The molecule has 0 fully saturated rings. The standard InChI is InChI=1S/C12H14BNO2/c1-8-4-3-5-9-6-7-10(13(15)16)12(14-2)11(8)9/h6-7,15-16H,1-5H2. The molecule has 1 aromatic rings. The van der Waals surface area contributed by atoms with Gasteiger partial charge in [-0.3, -0.25) is 4.99 Å². The van der Waals surface area contributed by atoms with Gasteiger partial charge in [0, 0.05) is 11.0 Å². The fourth-order valence-electron chi connectivity index (χ4n) is 2.25. The van der Waals surface area contributed by atoms with Gasteiger partial charge in [0.05, 0.1) is 5.69 Å². The monoisotopic (exact) mass is 215 g/mol. The Hall–Kier alpha value is -1.39. The van der Waals surface area contributed by atoms with Crippen molar-refractivity contribution in [1.29, 1.82) is 0 Å². The second-order valence-electron chi connectivity index (χ2n) is 4.03. The third kappa shape index (κ3) is 1.70. The zero-order valence-electron chi connectivity index (χ0n) is 9.11. The van der Waals surface area contributed by atoms with E-state index in [1.807, 2.05) is 6.07 Å². The average Bonchev–Trinajstić information content (AvgIpc) is 2.27. The van der Waals surface area contributed by atoms with Crippen molar-refractivity contribution >= 4 is 30.6 Å². The highest BCUT2D eigenvalue weighted by atomic mass is 16.4. The minimum atomic E-state index is -1.51. The molecular formula is C12H14BNO2. The molecule has 2 N–H and O–H groups in total. The molecule has 16 heavy (non-hydrogen) atoms. The summed E-state index contributed by atoms with van der Waals surface area (Å²) in [6.45, 7) is 7.52. The lowest BCUT2D eigenvalue weighted by molar-refractivity contribution is 0.426. The van der Waals surface area contributed by atoms with Gasteiger partial charge in [0.15, 0.2) is 0 Å². The third-order valence-corrected chi connectivity index (χ3v) is 3.01. The van der Waals surface area contributed by atoms with Crippen LogP contribution in [0.4, 0.5) is 5.69 Å². The van der Waals surface area contributed by atoms with Crippen molar-refractivity contribution in [1.82, 2.24) is 0 Å². The molecule has 0 spiro atoms. The summed E-state index contributed by atoms with van der Waals surface area (Å²) >= 11 is 0. The lowest BCUT2D eigenvalue weighted by atomic mass is 9.74. The molecule has 3 nitrogen and oxygen atoms in total. The van der Waals surface area contributed by atoms with Gasteiger partial charge in [-0.2, -0.15) is 0 Å². The molecule has 0 heterocycles. The summed E-state index contributed by atoms with van der Waals surface area (Å²) < 4.78 is 0. The first kappa shape index (κ1) is 11.1. The topological polar surface area (TPSA) is 52.8 Å². The van der Waals surface area contributed by atoms with Crippen molar-refractivity contribution in [3.8, 4) is 0 Å². The smallest absolute Gasteiger partial charge is 0.423 e. The van der Waals surface area contributed by atoms with Crippen LogP contribution in [0.3, 0.4) is 0 Å². The second kappa shape index (κ2) is 4.24. The van der Waals surface area contributed by atoms with Crippen LogP contribution in [0.25, 0.3) is 5.57 Å². The predicted molar refractivity (Wildman–Crippen MR) is 67.4 cm³/mol. The van der Waals surface area contributed by atoms with Gasteiger partial charge in [0.25, 0.3) is 0 Å². The Morgan fingerprint density at radius 2 is 2.00 bits per heavy atom. The van der Waals surface area contributed by atoms with E-state index in [2.05, 4.69) is 18.3 Å². The second-order valence-corrected chi connectivity index (χ2v) is 4.03. The molecule has 2 rings (SSSR count). The third-order valence-electron chi connectivity index (χ3n) is 3.01. The lowest BCUT2D eigenvalue weighted by Crippen LogP contribution is -2.31. The van der Waals surface area contributed by atoms with Crippen LogP contribution >= 0.6 is 0 Å². The molecule has 1 aliphatic rings. The first-order chi connectivity index (χ1) is 7.65. The quantitative estimate of drug-likeness (QED) is 0.572. The van der Waals surface area contributed by atoms with E-state index in [1.54, 1.807) is 6.07 Å². The first-order valence-electron chi connectivity index (χ1n) is 5.32. The van der Waals surface area contributed by atoms with Gasteiger partial charge in [0.1, 0.15) is 0 Å². The van der Waals surface area contributed by atoms with E-state index in [0.29, 0.717) is 11.2 Å². The normalized spacial score (nSPS) is 14.5. The Kier molecular flexibility index (Phi) is 2.94. The number of hydrogen-bond acceptors (Lipinski definition) is 3. The Labute approximate surface area is 95.3 Å². The number of aryl methyl sites for hydroxylation is 1. The Morgan fingerprint density at radius 1 is 1.25 bits per heavy atom. The number of allylic oxidation sites excluding steroid dienone is 1. The molecule has 0 aliphatic heterocycles. The van der Waals surface area contributed by atoms with E-state index in [0.717, 1.165) is 30.4 Å². The molecule has 0 saturated heterocycles. The van der Waals surface area contributed by atoms with Gasteiger partial charge in [0.2, 0.25) is 0 Å². The molecule has 82 valence electrons. The van der Waals surface area contributed by atoms with Gasteiger partial charge in [-0.05, 0) is 37.1 Å². The van der Waals surface area contributed by atoms with E-state index >= 15 is 0 Å². The molecule has 0 radical (unpaired) electrons. The van der Waals surface area contributed by atoms with Crippen LogP contribution in [0, 0.1) is 0 Å². The lowest BCUT2D eigenvalue weighted by Gasteiger charge is -2.21. The highest BCUT2D eigenvalue weighted by Gasteiger charge is 2.23. The minimum absolute atomic E-state index is 0.400. The maximum Gasteiger partial charge on any atom is 0.490 e. The van der Waals surface area contributed by atoms with Crippen molar-refractivity contribution in [3.05, 3.63) is 29.8 Å². The summed E-state index contributed by atoms with van der Waals surface area (Å²) in [6, 6.07) is 3.62. The molecule has 0 atom stereocenters. The van der Waals surface area contributed by atoms with Crippen LogP contribution in [0.15, 0.2) is 23.7 Å². The summed E-state index contributed by atoms with van der Waals surface area (Å²) in [5.41, 5.74) is 4.09. The maximum atomic E-state index is 9.26. The summed E-state index contributed by atoms with van der Waals surface area (Å²) in [7, 11) is -1.51. The summed E-state index contributed by atoms with van der Waals surface area (Å²) in [5.74, 6) is 0. The molecule has 0 bridgehead atoms. The van der Waals surface area contributed by atoms with E-state index in [9.17, 15) is 10.0 Å². The van der Waals surface area contributed by atoms with E-state index in [4.69, 9.17) is 0 Å². The zero-order valence-corrected chi connectivity index (χ0v) is 9.11. The largest absolute Gasteiger partial charge is 0.490 e. The minimum Gasteiger partial charge on any atom is -0.423 e. The van der Waals surface area contributed by atoms with Gasteiger partial charge in [-0.1, -0.05) is 18.7 Å². The number of hydrogen-bond donors (Lipinski definition) is 2. The van der Waals surface area contributed by atoms with Crippen LogP contribution in [0.5, 0.6) is 0 Å². The van der Waals surface area contributed by atoms with Crippen LogP contribution < -0.4 is 5.46 Å². The van der Waals surface area contributed by atoms with Crippen molar-refractivity contribution in [2.24, 2.45) is 4.99 Å². The molecule has 0 unspecified atom stereocenters. The molecule has 0 saturated carbocycles. The van der Waals surface area contributed by atoms with E-state index in [-0.39, 0.29) is 0 Å². The summed E-state index contributed by atoms with van der Waals surface area (Å²) in [6.07, 6.45) is 3.00. The Bertz CT molecular complexity index is 455. The Balaban J connectivity index is 2.67. The summed E-state index contributed by atoms with van der Waals surface area (Å²) in [5, 5.41) is 18.5. The average molecular weight is 215 g/mol. The number of rotatable bonds is 2. The molecule has 4 heteroatoms. The number of nitrogens with zero attached hydrogens (tertiary/aromatic N) is 1.